The Morgan fingerprint density at radius 3 is 2.27 bits per heavy atom. The van der Waals surface area contributed by atoms with E-state index in [-0.39, 0.29) is 23.6 Å². The first-order chi connectivity index (χ1) is 19.0. The van der Waals surface area contributed by atoms with Crippen LogP contribution in [0.1, 0.15) is 37.6 Å². The summed E-state index contributed by atoms with van der Waals surface area (Å²) in [5, 5.41) is 25.7. The third-order valence-corrected chi connectivity index (χ3v) is 8.47. The summed E-state index contributed by atoms with van der Waals surface area (Å²) in [5.74, 6) is -2.74. The largest absolute Gasteiger partial charge is 0.573 e. The number of aromatic nitrogens is 1. The molecule has 2 unspecified atom stereocenters. The van der Waals surface area contributed by atoms with E-state index in [9.17, 15) is 41.4 Å². The maximum Gasteiger partial charge on any atom is 0.573 e. The second-order valence-electron chi connectivity index (χ2n) is 9.39. The van der Waals surface area contributed by atoms with Crippen LogP contribution in [0.15, 0.2) is 59.5 Å². The van der Waals surface area contributed by atoms with Crippen LogP contribution in [0.25, 0.3) is 0 Å². The molecule has 0 saturated carbocycles. The highest BCUT2D eigenvalue weighted by atomic mass is 32.2. The van der Waals surface area contributed by atoms with Gasteiger partial charge in [0.05, 0.1) is 17.9 Å². The molecule has 14 heteroatoms. The molecule has 7 nitrogen and oxygen atoms in total. The molecule has 1 aromatic heterocycles. The van der Waals surface area contributed by atoms with Crippen molar-refractivity contribution in [3.8, 4) is 5.75 Å². The number of aliphatic hydroxyl groups is 1. The molecule has 3 aromatic rings. The van der Waals surface area contributed by atoms with Gasteiger partial charge in [-0.15, -0.1) is 13.2 Å². The third-order valence-electron chi connectivity index (χ3n) is 6.46. The number of fused-ring (bicyclic) bond motifs is 2. The number of nitrogens with one attached hydrogen (secondary N) is 1. The average Bonchev–Trinajstić information content (AvgIpc) is 3.04. The van der Waals surface area contributed by atoms with Gasteiger partial charge in [-0.3, -0.25) is 0 Å². The first kappa shape index (κ1) is 30.2. The van der Waals surface area contributed by atoms with Gasteiger partial charge >= 0.3 is 18.5 Å². The lowest BCUT2D eigenvalue weighted by Gasteiger charge is -2.32. The Morgan fingerprint density at radius 2 is 1.73 bits per heavy atom. The molecule has 2 heterocycles. The average molecular weight is 602 g/mol. The summed E-state index contributed by atoms with van der Waals surface area (Å²) >= 11 is 0. The van der Waals surface area contributed by atoms with E-state index in [1.807, 2.05) is 0 Å². The highest BCUT2D eigenvalue weighted by Gasteiger charge is 2.42. The van der Waals surface area contributed by atoms with Gasteiger partial charge in [0, 0.05) is 10.5 Å². The molecular formula is C27H25F6N3O4S. The van der Waals surface area contributed by atoms with E-state index in [4.69, 9.17) is 0 Å². The highest BCUT2D eigenvalue weighted by molar-refractivity contribution is 8.16. The first-order valence-electron chi connectivity index (χ1n) is 12.1. The van der Waals surface area contributed by atoms with Gasteiger partial charge in [0.1, 0.15) is 17.3 Å². The number of benzene rings is 2. The number of anilines is 3. The monoisotopic (exact) mass is 601 g/mol. The standard InChI is InChI=1S/C27H25F6N3O4S/c1-4-41(19-9-7-18(8-10-19)40-27(31,32)33)36-14-16-5-12-22(26(28,29)30)35-23(16)34-20-11-6-17(13-21(20)36)25(39,15(2)3)24(37)38/h4-13,15,39H,14H2,1-3H3,(H,34,35)(H,37,38). The number of nitrogens with zero attached hydrogens (tertiary/aromatic N) is 2. The Kier molecular flexibility index (Phi) is 8.02. The fraction of sp³-hybridized carbons (Fsp3) is 0.296. The zero-order valence-corrected chi connectivity index (χ0v) is 22.7. The number of hydrogen-bond donors (Lipinski definition) is 3. The molecule has 0 saturated heterocycles. The van der Waals surface area contributed by atoms with Crippen LogP contribution in [0, 0.1) is 5.92 Å². The van der Waals surface area contributed by atoms with Crippen molar-refractivity contribution in [2.75, 3.05) is 9.62 Å². The predicted molar refractivity (Wildman–Crippen MR) is 142 cm³/mol. The summed E-state index contributed by atoms with van der Waals surface area (Å²) in [4.78, 5) is 16.5. The van der Waals surface area contributed by atoms with E-state index >= 15 is 0 Å². The molecule has 2 atom stereocenters. The van der Waals surface area contributed by atoms with Crippen LogP contribution in [0.4, 0.5) is 43.5 Å². The van der Waals surface area contributed by atoms with Gasteiger partial charge in [-0.2, -0.15) is 13.2 Å². The summed E-state index contributed by atoms with van der Waals surface area (Å²) in [6, 6.07) is 11.5. The van der Waals surface area contributed by atoms with Crippen LogP contribution in [0.3, 0.4) is 0 Å². The minimum Gasteiger partial charge on any atom is -0.479 e. The molecule has 0 aliphatic carbocycles. The molecule has 4 rings (SSSR count). The first-order valence-corrected chi connectivity index (χ1v) is 13.4. The van der Waals surface area contributed by atoms with Crippen molar-refractivity contribution < 1.29 is 46.1 Å². The maximum atomic E-state index is 13.4. The Bertz CT molecular complexity index is 1490. The topological polar surface area (TPSA) is 94.9 Å². The molecule has 0 spiro atoms. The third kappa shape index (κ3) is 6.12. The Hall–Kier alpha value is -3.78. The molecule has 0 fully saturated rings. The SMILES string of the molecule is C/C=S(\c1ccc(OC(F)(F)F)cc1)N1Cc2ccc(C(F)(F)F)nc2Nc2ccc(C(O)(C(=O)O)C(C)C)cc21. The maximum absolute atomic E-state index is 13.4. The van der Waals surface area contributed by atoms with Crippen molar-refractivity contribution in [3.05, 3.63) is 71.4 Å². The predicted octanol–water partition coefficient (Wildman–Crippen LogP) is 7.06. The highest BCUT2D eigenvalue weighted by Crippen LogP contribution is 2.46. The van der Waals surface area contributed by atoms with Crippen molar-refractivity contribution in [1.82, 2.24) is 4.98 Å². The van der Waals surface area contributed by atoms with Crippen LogP contribution in [0.2, 0.25) is 0 Å². The van der Waals surface area contributed by atoms with Crippen molar-refractivity contribution >= 4 is 39.2 Å². The number of hydrogen-bond acceptors (Lipinski definition) is 6. The van der Waals surface area contributed by atoms with Gasteiger partial charge in [0.25, 0.3) is 0 Å². The van der Waals surface area contributed by atoms with Crippen LogP contribution in [-0.2, 0) is 23.1 Å². The zero-order chi connectivity index (χ0) is 30.3. The van der Waals surface area contributed by atoms with Gasteiger partial charge in [-0.05, 0) is 66.2 Å². The molecule has 1 aliphatic heterocycles. The van der Waals surface area contributed by atoms with Gasteiger partial charge in [-0.1, -0.05) is 36.7 Å². The molecule has 2 aromatic carbocycles. The number of halogens is 6. The number of pyridine rings is 1. The van der Waals surface area contributed by atoms with E-state index < -0.39 is 52.1 Å². The van der Waals surface area contributed by atoms with E-state index in [0.717, 1.165) is 18.2 Å². The molecular weight excluding hydrogens is 576 g/mol. The van der Waals surface area contributed by atoms with E-state index in [2.05, 4.69) is 15.0 Å². The van der Waals surface area contributed by atoms with Crippen LogP contribution in [-0.4, -0.2) is 32.9 Å². The second kappa shape index (κ2) is 10.9. The minimum atomic E-state index is -4.88. The molecule has 0 amide bonds. The minimum absolute atomic E-state index is 0.00858. The van der Waals surface area contributed by atoms with Gasteiger partial charge in [-0.25, -0.2) is 9.78 Å². The smallest absolute Gasteiger partial charge is 0.479 e. The summed E-state index contributed by atoms with van der Waals surface area (Å²) < 4.78 is 84.1. The Balaban J connectivity index is 1.89. The fourth-order valence-electron chi connectivity index (χ4n) is 4.38. The lowest BCUT2D eigenvalue weighted by Crippen LogP contribution is -2.40. The summed E-state index contributed by atoms with van der Waals surface area (Å²) in [6.45, 7) is 4.76. The molecule has 3 N–H and O–H groups in total. The Morgan fingerprint density at radius 1 is 1.07 bits per heavy atom. The van der Waals surface area contributed by atoms with Gasteiger partial charge in [0.2, 0.25) is 0 Å². The number of aliphatic carboxylic acids is 1. The van der Waals surface area contributed by atoms with Crippen LogP contribution < -0.4 is 14.4 Å². The fourth-order valence-corrected chi connectivity index (χ4v) is 6.22. The number of rotatable bonds is 6. The van der Waals surface area contributed by atoms with Crippen molar-refractivity contribution in [3.63, 3.8) is 0 Å². The number of alkyl halides is 6. The van der Waals surface area contributed by atoms with Crippen molar-refractivity contribution in [2.45, 2.75) is 50.4 Å². The lowest BCUT2D eigenvalue weighted by atomic mass is 9.83. The van der Waals surface area contributed by atoms with E-state index in [1.165, 1.54) is 50.2 Å². The van der Waals surface area contributed by atoms with Crippen molar-refractivity contribution in [2.24, 2.45) is 5.92 Å². The van der Waals surface area contributed by atoms with E-state index in [0.29, 0.717) is 16.1 Å². The molecule has 1 aliphatic rings. The van der Waals surface area contributed by atoms with Crippen LogP contribution >= 0.6 is 10.7 Å². The Labute approximate surface area is 233 Å². The van der Waals surface area contributed by atoms with Gasteiger partial charge in [0.15, 0.2) is 5.60 Å². The zero-order valence-electron chi connectivity index (χ0n) is 21.8. The molecule has 0 bridgehead atoms. The summed E-state index contributed by atoms with van der Waals surface area (Å²) in [6.07, 6.45) is -9.58. The number of carboxylic acid groups (broad SMARTS) is 1. The van der Waals surface area contributed by atoms with Gasteiger partial charge < -0.3 is 24.6 Å². The van der Waals surface area contributed by atoms with Crippen molar-refractivity contribution in [1.29, 1.82) is 0 Å². The quantitative estimate of drug-likeness (QED) is 0.206. The summed E-state index contributed by atoms with van der Waals surface area (Å²) in [5.41, 5.74) is -2.36. The van der Waals surface area contributed by atoms with Crippen LogP contribution in [0.5, 0.6) is 5.75 Å². The second-order valence-corrected chi connectivity index (χ2v) is 11.4. The number of carboxylic acids is 1. The molecule has 220 valence electrons. The molecule has 41 heavy (non-hydrogen) atoms. The number of carbonyl (C=O) groups is 1. The number of ether oxygens (including phenoxy) is 1. The normalized spacial score (nSPS) is 15.8. The molecule has 0 radical (unpaired) electrons. The summed E-state index contributed by atoms with van der Waals surface area (Å²) in [7, 11) is -1.02. The van der Waals surface area contributed by atoms with E-state index in [1.54, 1.807) is 16.6 Å². The lowest BCUT2D eigenvalue weighted by molar-refractivity contribution is -0.274.